The van der Waals surface area contributed by atoms with Gasteiger partial charge in [0, 0.05) is 24.2 Å². The Morgan fingerprint density at radius 2 is 1.92 bits per heavy atom. The number of nitro groups is 1. The number of aryl methyl sites for hydroxylation is 1. The Balaban J connectivity index is 1.65. The summed E-state index contributed by atoms with van der Waals surface area (Å²) in [5, 5.41) is 13.3. The highest BCUT2D eigenvalue weighted by Gasteiger charge is 2.17. The van der Waals surface area contributed by atoms with Crippen LogP contribution in [0.5, 0.6) is 0 Å². The summed E-state index contributed by atoms with van der Waals surface area (Å²) in [4.78, 5) is 33.6. The second-order valence-corrected chi connectivity index (χ2v) is 5.42. The minimum Gasteiger partial charge on any atom is -0.457 e. The minimum atomic E-state index is -0.484. The van der Waals surface area contributed by atoms with Gasteiger partial charge in [0.15, 0.2) is 0 Å². The van der Waals surface area contributed by atoms with Crippen molar-refractivity contribution in [3.63, 3.8) is 0 Å². The van der Waals surface area contributed by atoms with Crippen molar-refractivity contribution in [2.75, 3.05) is 5.32 Å². The SMILES string of the molecule is O=C1CCc2cc(C(=O)OCc3ccc([N+](=O)[O-])cc3)ccc2N1. The van der Waals surface area contributed by atoms with Gasteiger partial charge in [-0.3, -0.25) is 14.9 Å². The number of hydrogen-bond acceptors (Lipinski definition) is 5. The first kappa shape index (κ1) is 15.7. The molecule has 0 spiro atoms. The number of fused-ring (bicyclic) bond motifs is 1. The van der Waals surface area contributed by atoms with Gasteiger partial charge < -0.3 is 10.1 Å². The van der Waals surface area contributed by atoms with E-state index < -0.39 is 10.9 Å². The van der Waals surface area contributed by atoms with Crippen LogP contribution in [0.3, 0.4) is 0 Å². The van der Waals surface area contributed by atoms with Gasteiger partial charge >= 0.3 is 5.97 Å². The Morgan fingerprint density at radius 3 is 2.62 bits per heavy atom. The van der Waals surface area contributed by atoms with Crippen LogP contribution in [0.4, 0.5) is 11.4 Å². The Bertz CT molecular complexity index is 814. The van der Waals surface area contributed by atoms with Crippen LogP contribution in [0.15, 0.2) is 42.5 Å². The Labute approximate surface area is 137 Å². The largest absolute Gasteiger partial charge is 0.457 e. The van der Waals surface area contributed by atoms with E-state index in [1.54, 1.807) is 30.3 Å². The van der Waals surface area contributed by atoms with Crippen molar-refractivity contribution in [2.45, 2.75) is 19.4 Å². The van der Waals surface area contributed by atoms with E-state index in [-0.39, 0.29) is 18.2 Å². The number of hydrogen-bond donors (Lipinski definition) is 1. The van der Waals surface area contributed by atoms with Crippen molar-refractivity contribution in [1.82, 2.24) is 0 Å². The summed E-state index contributed by atoms with van der Waals surface area (Å²) in [7, 11) is 0. The maximum Gasteiger partial charge on any atom is 0.338 e. The van der Waals surface area contributed by atoms with Gasteiger partial charge in [0.05, 0.1) is 10.5 Å². The smallest absolute Gasteiger partial charge is 0.338 e. The molecule has 7 nitrogen and oxygen atoms in total. The van der Waals surface area contributed by atoms with E-state index in [9.17, 15) is 19.7 Å². The number of rotatable bonds is 4. The predicted octanol–water partition coefficient (Wildman–Crippen LogP) is 2.84. The number of ether oxygens (including phenoxy) is 1. The van der Waals surface area contributed by atoms with Crippen molar-refractivity contribution in [2.24, 2.45) is 0 Å². The maximum atomic E-state index is 12.1. The third kappa shape index (κ3) is 3.40. The maximum absolute atomic E-state index is 12.1. The van der Waals surface area contributed by atoms with Gasteiger partial charge in [0.25, 0.3) is 5.69 Å². The first-order valence-corrected chi connectivity index (χ1v) is 7.36. The molecule has 0 aromatic heterocycles. The molecule has 0 aliphatic carbocycles. The number of esters is 1. The number of amides is 1. The monoisotopic (exact) mass is 326 g/mol. The Kier molecular flexibility index (Phi) is 4.24. The zero-order valence-electron chi connectivity index (χ0n) is 12.7. The summed E-state index contributed by atoms with van der Waals surface area (Å²) < 4.78 is 5.23. The number of anilines is 1. The van der Waals surface area contributed by atoms with Gasteiger partial charge in [0.1, 0.15) is 6.61 Å². The van der Waals surface area contributed by atoms with Crippen molar-refractivity contribution >= 4 is 23.3 Å². The second-order valence-electron chi connectivity index (χ2n) is 5.42. The first-order valence-electron chi connectivity index (χ1n) is 7.36. The summed E-state index contributed by atoms with van der Waals surface area (Å²) in [5.41, 5.74) is 2.69. The standard InChI is InChI=1S/C17H14N2O5/c20-16-8-4-12-9-13(3-7-15(12)18-16)17(21)24-10-11-1-5-14(6-2-11)19(22)23/h1-3,5-7,9H,4,8,10H2,(H,18,20). The molecule has 1 amide bonds. The number of nitro benzene ring substituents is 1. The third-order valence-corrected chi connectivity index (χ3v) is 3.75. The third-order valence-electron chi connectivity index (χ3n) is 3.75. The topological polar surface area (TPSA) is 98.5 Å². The fourth-order valence-electron chi connectivity index (χ4n) is 2.46. The van der Waals surface area contributed by atoms with Crippen LogP contribution < -0.4 is 5.32 Å². The lowest BCUT2D eigenvalue weighted by Crippen LogP contribution is -2.19. The minimum absolute atomic E-state index is 0.0122. The molecule has 0 radical (unpaired) electrons. The molecule has 0 saturated carbocycles. The van der Waals surface area contributed by atoms with Gasteiger partial charge in [-0.15, -0.1) is 0 Å². The van der Waals surface area contributed by atoms with Crippen molar-refractivity contribution in [1.29, 1.82) is 0 Å². The van der Waals surface area contributed by atoms with Crippen LogP contribution in [-0.4, -0.2) is 16.8 Å². The Morgan fingerprint density at radius 1 is 1.17 bits per heavy atom. The highest BCUT2D eigenvalue weighted by Crippen LogP contribution is 2.24. The first-order chi connectivity index (χ1) is 11.5. The molecular weight excluding hydrogens is 312 g/mol. The van der Waals surface area contributed by atoms with Gasteiger partial charge in [0.2, 0.25) is 5.91 Å². The average Bonchev–Trinajstić information content (AvgIpc) is 2.59. The van der Waals surface area contributed by atoms with E-state index >= 15 is 0 Å². The summed E-state index contributed by atoms with van der Waals surface area (Å²) in [6.07, 6.45) is 0.985. The molecule has 24 heavy (non-hydrogen) atoms. The van der Waals surface area contributed by atoms with E-state index in [0.29, 0.717) is 24.0 Å². The number of nitrogens with one attached hydrogen (secondary N) is 1. The molecule has 1 aliphatic rings. The number of benzene rings is 2. The van der Waals surface area contributed by atoms with Gasteiger partial charge in [-0.1, -0.05) is 0 Å². The lowest BCUT2D eigenvalue weighted by molar-refractivity contribution is -0.384. The summed E-state index contributed by atoms with van der Waals surface area (Å²) in [6.45, 7) is 0.0324. The zero-order chi connectivity index (χ0) is 17.1. The fourth-order valence-corrected chi connectivity index (χ4v) is 2.46. The highest BCUT2D eigenvalue weighted by atomic mass is 16.6. The van der Waals surface area contributed by atoms with E-state index in [1.165, 1.54) is 12.1 Å². The molecule has 3 rings (SSSR count). The Hall–Kier alpha value is -3.22. The van der Waals surface area contributed by atoms with E-state index in [1.807, 2.05) is 0 Å². The van der Waals surface area contributed by atoms with Crippen molar-refractivity contribution < 1.29 is 19.2 Å². The second kappa shape index (κ2) is 6.49. The molecule has 1 heterocycles. The van der Waals surface area contributed by atoms with Gasteiger partial charge in [-0.25, -0.2) is 4.79 Å². The summed E-state index contributed by atoms with van der Waals surface area (Å²) >= 11 is 0. The average molecular weight is 326 g/mol. The van der Waals surface area contributed by atoms with Crippen LogP contribution in [0.2, 0.25) is 0 Å². The predicted molar refractivity (Wildman–Crippen MR) is 85.6 cm³/mol. The highest BCUT2D eigenvalue weighted by molar-refractivity contribution is 5.96. The van der Waals surface area contributed by atoms with Crippen molar-refractivity contribution in [3.05, 3.63) is 69.3 Å². The number of nitrogens with zero attached hydrogens (tertiary/aromatic N) is 1. The van der Waals surface area contributed by atoms with Crippen LogP contribution in [0, 0.1) is 10.1 Å². The molecule has 0 saturated heterocycles. The van der Waals surface area contributed by atoms with Gasteiger partial charge in [-0.2, -0.15) is 0 Å². The molecule has 122 valence electrons. The summed E-state index contributed by atoms with van der Waals surface area (Å²) in [6, 6.07) is 10.8. The van der Waals surface area contributed by atoms with E-state index in [2.05, 4.69) is 5.32 Å². The van der Waals surface area contributed by atoms with Crippen molar-refractivity contribution in [3.8, 4) is 0 Å². The lowest BCUT2D eigenvalue weighted by atomic mass is 10.0. The van der Waals surface area contributed by atoms with Crippen LogP contribution >= 0.6 is 0 Å². The lowest BCUT2D eigenvalue weighted by Gasteiger charge is -2.17. The molecule has 0 atom stereocenters. The quantitative estimate of drug-likeness (QED) is 0.529. The normalized spacial score (nSPS) is 12.9. The number of non-ortho nitro benzene ring substituents is 1. The zero-order valence-corrected chi connectivity index (χ0v) is 12.7. The molecule has 0 unspecified atom stereocenters. The fraction of sp³-hybridized carbons (Fsp3) is 0.176. The number of carbonyl (C=O) groups excluding carboxylic acids is 2. The summed E-state index contributed by atoms with van der Waals surface area (Å²) in [5.74, 6) is -0.510. The molecular formula is C17H14N2O5. The molecule has 0 fully saturated rings. The molecule has 2 aromatic carbocycles. The van der Waals surface area contributed by atoms with E-state index in [4.69, 9.17) is 4.74 Å². The molecule has 0 bridgehead atoms. The van der Waals surface area contributed by atoms with E-state index in [0.717, 1.165) is 11.3 Å². The molecule has 1 aliphatic heterocycles. The molecule has 7 heteroatoms. The van der Waals surface area contributed by atoms with Crippen LogP contribution in [0.25, 0.3) is 0 Å². The molecule has 1 N–H and O–H groups in total. The van der Waals surface area contributed by atoms with Crippen LogP contribution in [-0.2, 0) is 22.6 Å². The van der Waals surface area contributed by atoms with Crippen LogP contribution in [0.1, 0.15) is 27.9 Å². The van der Waals surface area contributed by atoms with Gasteiger partial charge in [-0.05, 0) is 47.9 Å². The number of carbonyl (C=O) groups is 2. The molecule has 2 aromatic rings.